The topological polar surface area (TPSA) is 26.0 Å². The van der Waals surface area contributed by atoms with Crippen LogP contribution in [0.15, 0.2) is 18.2 Å². The molecule has 1 aromatic carbocycles. The van der Waals surface area contributed by atoms with E-state index in [2.05, 4.69) is 45.9 Å². The number of hydrogen-bond acceptors (Lipinski definition) is 1. The van der Waals surface area contributed by atoms with Crippen molar-refractivity contribution in [1.82, 2.24) is 0 Å². The molecule has 14 heavy (non-hydrogen) atoms. The molecule has 0 aromatic heterocycles. The van der Waals surface area contributed by atoms with Gasteiger partial charge in [0.1, 0.15) is 0 Å². The fourth-order valence-electron chi connectivity index (χ4n) is 1.87. The summed E-state index contributed by atoms with van der Waals surface area (Å²) in [6, 6.07) is 6.76. The molecule has 0 aliphatic carbocycles. The van der Waals surface area contributed by atoms with Crippen LogP contribution in [0.5, 0.6) is 0 Å². The van der Waals surface area contributed by atoms with E-state index in [1.165, 1.54) is 16.7 Å². The summed E-state index contributed by atoms with van der Waals surface area (Å²) in [5.74, 6) is 0.658. The molecule has 1 unspecified atom stereocenters. The summed E-state index contributed by atoms with van der Waals surface area (Å²) in [4.78, 5) is 0. The number of hydrogen-bond donors (Lipinski definition) is 1. The van der Waals surface area contributed by atoms with Crippen molar-refractivity contribution in [3.05, 3.63) is 34.9 Å². The van der Waals surface area contributed by atoms with Crippen LogP contribution in [0.4, 0.5) is 0 Å². The first-order valence-corrected chi connectivity index (χ1v) is 5.33. The van der Waals surface area contributed by atoms with E-state index in [1.807, 2.05) is 0 Å². The molecule has 1 rings (SSSR count). The first-order valence-electron chi connectivity index (χ1n) is 5.33. The maximum absolute atomic E-state index is 6.13. The predicted molar refractivity (Wildman–Crippen MR) is 62.3 cm³/mol. The fraction of sp³-hybridized carbons (Fsp3) is 0.538. The van der Waals surface area contributed by atoms with Gasteiger partial charge in [-0.2, -0.15) is 0 Å². The molecule has 0 fully saturated rings. The van der Waals surface area contributed by atoms with E-state index < -0.39 is 0 Å². The van der Waals surface area contributed by atoms with Crippen molar-refractivity contribution >= 4 is 0 Å². The third-order valence-electron chi connectivity index (χ3n) is 2.40. The molecule has 1 aromatic rings. The first-order chi connectivity index (χ1) is 6.49. The van der Waals surface area contributed by atoms with E-state index in [-0.39, 0.29) is 6.04 Å². The minimum absolute atomic E-state index is 0.189. The van der Waals surface area contributed by atoms with Crippen molar-refractivity contribution in [2.75, 3.05) is 0 Å². The molecule has 0 saturated heterocycles. The summed E-state index contributed by atoms with van der Waals surface area (Å²) in [6.45, 7) is 8.67. The second kappa shape index (κ2) is 4.61. The normalized spacial score (nSPS) is 13.3. The van der Waals surface area contributed by atoms with Gasteiger partial charge in [0.15, 0.2) is 0 Å². The average Bonchev–Trinajstić information content (AvgIpc) is 2.00. The molecule has 0 aliphatic rings. The molecular weight excluding hydrogens is 170 g/mol. The van der Waals surface area contributed by atoms with E-state index in [1.54, 1.807) is 0 Å². The first kappa shape index (κ1) is 11.3. The molecule has 0 spiro atoms. The molecule has 1 nitrogen and oxygen atoms in total. The van der Waals surface area contributed by atoms with Crippen LogP contribution in [-0.2, 0) is 0 Å². The van der Waals surface area contributed by atoms with Crippen LogP contribution < -0.4 is 5.73 Å². The SMILES string of the molecule is Cc1cc(C)cc(C(N)CC(C)C)c1. The molecule has 2 N–H and O–H groups in total. The average molecular weight is 191 g/mol. The molecular formula is C13H21N. The van der Waals surface area contributed by atoms with Crippen molar-refractivity contribution in [2.45, 2.75) is 40.2 Å². The third kappa shape index (κ3) is 3.15. The van der Waals surface area contributed by atoms with Gasteiger partial charge < -0.3 is 5.73 Å². The second-order valence-electron chi connectivity index (χ2n) is 4.66. The monoisotopic (exact) mass is 191 g/mol. The lowest BCUT2D eigenvalue weighted by Gasteiger charge is -2.15. The number of nitrogens with two attached hydrogens (primary N) is 1. The molecule has 0 aliphatic heterocycles. The van der Waals surface area contributed by atoms with E-state index in [4.69, 9.17) is 5.73 Å². The fourth-order valence-corrected chi connectivity index (χ4v) is 1.87. The Hall–Kier alpha value is -0.820. The maximum atomic E-state index is 6.13. The zero-order valence-corrected chi connectivity index (χ0v) is 9.67. The van der Waals surface area contributed by atoms with Gasteiger partial charge in [0.2, 0.25) is 0 Å². The quantitative estimate of drug-likeness (QED) is 0.779. The zero-order valence-electron chi connectivity index (χ0n) is 9.67. The van der Waals surface area contributed by atoms with Gasteiger partial charge in [0, 0.05) is 6.04 Å². The largest absolute Gasteiger partial charge is 0.324 e. The molecule has 0 bridgehead atoms. The highest BCUT2D eigenvalue weighted by Gasteiger charge is 2.08. The van der Waals surface area contributed by atoms with E-state index in [9.17, 15) is 0 Å². The summed E-state index contributed by atoms with van der Waals surface area (Å²) >= 11 is 0. The summed E-state index contributed by atoms with van der Waals surface area (Å²) in [5.41, 5.74) is 10.0. The van der Waals surface area contributed by atoms with Crippen molar-refractivity contribution < 1.29 is 0 Å². The molecule has 78 valence electrons. The van der Waals surface area contributed by atoms with E-state index in [0.29, 0.717) is 5.92 Å². The highest BCUT2D eigenvalue weighted by molar-refractivity contribution is 5.30. The number of benzene rings is 1. The Bertz CT molecular complexity index is 282. The van der Waals surface area contributed by atoms with E-state index in [0.717, 1.165) is 6.42 Å². The van der Waals surface area contributed by atoms with Crippen molar-refractivity contribution in [2.24, 2.45) is 11.7 Å². The lowest BCUT2D eigenvalue weighted by atomic mass is 9.95. The lowest BCUT2D eigenvalue weighted by Crippen LogP contribution is -2.13. The Morgan fingerprint density at radius 2 is 1.57 bits per heavy atom. The summed E-state index contributed by atoms with van der Waals surface area (Å²) < 4.78 is 0. The number of rotatable bonds is 3. The van der Waals surface area contributed by atoms with Gasteiger partial charge in [0.05, 0.1) is 0 Å². The standard InChI is InChI=1S/C13H21N/c1-9(2)5-13(14)12-7-10(3)6-11(4)8-12/h6-9,13H,5,14H2,1-4H3. The van der Waals surface area contributed by atoms with Crippen molar-refractivity contribution in [3.8, 4) is 0 Å². The Kier molecular flexibility index (Phi) is 3.70. The third-order valence-corrected chi connectivity index (χ3v) is 2.40. The van der Waals surface area contributed by atoms with Gasteiger partial charge in [-0.1, -0.05) is 43.2 Å². The van der Waals surface area contributed by atoms with Crippen LogP contribution in [0, 0.1) is 19.8 Å². The highest BCUT2D eigenvalue weighted by Crippen LogP contribution is 2.20. The minimum Gasteiger partial charge on any atom is -0.324 e. The molecule has 1 heteroatoms. The Morgan fingerprint density at radius 3 is 2.00 bits per heavy atom. The summed E-state index contributed by atoms with van der Waals surface area (Å²) in [7, 11) is 0. The van der Waals surface area contributed by atoms with Gasteiger partial charge in [0.25, 0.3) is 0 Å². The van der Waals surface area contributed by atoms with Gasteiger partial charge in [-0.3, -0.25) is 0 Å². The molecule has 0 saturated carbocycles. The Balaban J connectivity index is 2.84. The van der Waals surface area contributed by atoms with Gasteiger partial charge in [-0.25, -0.2) is 0 Å². The van der Waals surface area contributed by atoms with Crippen LogP contribution >= 0.6 is 0 Å². The molecule has 0 amide bonds. The minimum atomic E-state index is 0.189. The van der Waals surface area contributed by atoms with Crippen LogP contribution in [0.1, 0.15) is 43.0 Å². The van der Waals surface area contributed by atoms with Crippen LogP contribution in [-0.4, -0.2) is 0 Å². The summed E-state index contributed by atoms with van der Waals surface area (Å²) in [5, 5.41) is 0. The molecule has 0 heterocycles. The molecule has 0 radical (unpaired) electrons. The summed E-state index contributed by atoms with van der Waals surface area (Å²) in [6.07, 6.45) is 1.06. The predicted octanol–water partition coefficient (Wildman–Crippen LogP) is 3.35. The maximum Gasteiger partial charge on any atom is 0.0297 e. The van der Waals surface area contributed by atoms with Crippen molar-refractivity contribution in [3.63, 3.8) is 0 Å². The van der Waals surface area contributed by atoms with Gasteiger partial charge in [-0.05, 0) is 31.7 Å². The van der Waals surface area contributed by atoms with E-state index >= 15 is 0 Å². The van der Waals surface area contributed by atoms with Crippen LogP contribution in [0.25, 0.3) is 0 Å². The Morgan fingerprint density at radius 1 is 1.07 bits per heavy atom. The van der Waals surface area contributed by atoms with Crippen molar-refractivity contribution in [1.29, 1.82) is 0 Å². The number of aryl methyl sites for hydroxylation is 2. The highest BCUT2D eigenvalue weighted by atomic mass is 14.6. The Labute approximate surface area is 87.3 Å². The second-order valence-corrected chi connectivity index (χ2v) is 4.66. The smallest absolute Gasteiger partial charge is 0.0297 e. The van der Waals surface area contributed by atoms with Crippen LogP contribution in [0.3, 0.4) is 0 Å². The lowest BCUT2D eigenvalue weighted by molar-refractivity contribution is 0.509. The van der Waals surface area contributed by atoms with Gasteiger partial charge in [-0.15, -0.1) is 0 Å². The van der Waals surface area contributed by atoms with Crippen LogP contribution in [0.2, 0.25) is 0 Å². The van der Waals surface area contributed by atoms with Gasteiger partial charge >= 0.3 is 0 Å². The molecule has 1 atom stereocenters. The zero-order chi connectivity index (χ0) is 10.7.